The van der Waals surface area contributed by atoms with Crippen LogP contribution in [0.15, 0.2) is 57.1 Å². The molecule has 8 heteroatoms. The van der Waals surface area contributed by atoms with Gasteiger partial charge in [0.05, 0.1) is 17.4 Å². The standard InChI is InChI=1S/C16H17N3O4S/c20-16(18-17-12-14-6-4-10-23-14)13-5-3-7-15(11-13)24(21,22)19-8-1-2-9-19/h3-7,10-12H,1-2,8-9H2,(H,18,20)/b17-12-. The predicted octanol–water partition coefficient (Wildman–Crippen LogP) is 1.83. The Bertz CT molecular complexity index is 838. The van der Waals surface area contributed by atoms with Gasteiger partial charge < -0.3 is 4.42 Å². The van der Waals surface area contributed by atoms with E-state index < -0.39 is 15.9 Å². The molecule has 2 heterocycles. The monoisotopic (exact) mass is 347 g/mol. The van der Waals surface area contributed by atoms with Crippen molar-refractivity contribution >= 4 is 22.1 Å². The number of nitrogens with one attached hydrogen (secondary N) is 1. The summed E-state index contributed by atoms with van der Waals surface area (Å²) in [5.41, 5.74) is 2.58. The summed E-state index contributed by atoms with van der Waals surface area (Å²) in [7, 11) is -3.55. The first kappa shape index (κ1) is 16.4. The van der Waals surface area contributed by atoms with Gasteiger partial charge in [-0.05, 0) is 43.2 Å². The van der Waals surface area contributed by atoms with E-state index in [1.807, 2.05) is 0 Å². The summed E-state index contributed by atoms with van der Waals surface area (Å²) in [5, 5.41) is 3.78. The van der Waals surface area contributed by atoms with E-state index in [4.69, 9.17) is 4.42 Å². The molecule has 1 N–H and O–H groups in total. The molecule has 7 nitrogen and oxygen atoms in total. The molecule has 1 aromatic heterocycles. The molecule has 3 rings (SSSR count). The number of hydrazone groups is 1. The summed E-state index contributed by atoms with van der Waals surface area (Å²) in [5.74, 6) is 0.0111. The highest BCUT2D eigenvalue weighted by Gasteiger charge is 2.27. The minimum Gasteiger partial charge on any atom is -0.463 e. The van der Waals surface area contributed by atoms with Crippen LogP contribution >= 0.6 is 0 Å². The van der Waals surface area contributed by atoms with Crippen molar-refractivity contribution < 1.29 is 17.6 Å². The summed E-state index contributed by atoms with van der Waals surface area (Å²) in [6.45, 7) is 1.04. The zero-order chi connectivity index (χ0) is 17.0. The van der Waals surface area contributed by atoms with Gasteiger partial charge in [-0.15, -0.1) is 0 Å². The molecule has 0 unspecified atom stereocenters. The predicted molar refractivity (Wildman–Crippen MR) is 88.2 cm³/mol. The summed E-state index contributed by atoms with van der Waals surface area (Å²) >= 11 is 0. The molecule has 0 bridgehead atoms. The van der Waals surface area contributed by atoms with Crippen LogP contribution in [0.25, 0.3) is 0 Å². The molecular weight excluding hydrogens is 330 g/mol. The fraction of sp³-hybridized carbons (Fsp3) is 0.250. The van der Waals surface area contributed by atoms with Gasteiger partial charge in [0.15, 0.2) is 0 Å². The molecule has 2 aromatic rings. The van der Waals surface area contributed by atoms with Crippen molar-refractivity contribution in [1.29, 1.82) is 0 Å². The molecule has 1 fully saturated rings. The zero-order valence-electron chi connectivity index (χ0n) is 12.9. The number of rotatable bonds is 5. The Morgan fingerprint density at radius 3 is 2.71 bits per heavy atom. The lowest BCUT2D eigenvalue weighted by atomic mass is 10.2. The van der Waals surface area contributed by atoms with Crippen LogP contribution in [0.5, 0.6) is 0 Å². The van der Waals surface area contributed by atoms with Crippen LogP contribution in [0, 0.1) is 0 Å². The molecule has 0 atom stereocenters. The molecule has 1 aliphatic heterocycles. The van der Waals surface area contributed by atoms with Crippen LogP contribution in [0.3, 0.4) is 0 Å². The van der Waals surface area contributed by atoms with Crippen molar-refractivity contribution in [3.63, 3.8) is 0 Å². The molecule has 0 saturated carbocycles. The van der Waals surface area contributed by atoms with E-state index >= 15 is 0 Å². The summed E-state index contributed by atoms with van der Waals surface area (Å²) < 4.78 is 31.6. The lowest BCUT2D eigenvalue weighted by molar-refractivity contribution is 0.0955. The number of hydrogen-bond acceptors (Lipinski definition) is 5. The van der Waals surface area contributed by atoms with Gasteiger partial charge in [0.25, 0.3) is 5.91 Å². The SMILES string of the molecule is O=C(N/N=C\c1ccco1)c1cccc(S(=O)(=O)N2CCCC2)c1. The third-order valence-electron chi connectivity index (χ3n) is 3.70. The largest absolute Gasteiger partial charge is 0.463 e. The van der Waals surface area contributed by atoms with Gasteiger partial charge in [0, 0.05) is 18.7 Å². The highest BCUT2D eigenvalue weighted by Crippen LogP contribution is 2.21. The summed E-state index contributed by atoms with van der Waals surface area (Å²) in [6.07, 6.45) is 4.58. The third kappa shape index (κ3) is 3.55. The number of carbonyl (C=O) groups is 1. The Morgan fingerprint density at radius 1 is 1.21 bits per heavy atom. The first-order chi connectivity index (χ1) is 11.6. The van der Waals surface area contributed by atoms with Crippen LogP contribution in [0.2, 0.25) is 0 Å². The number of hydrogen-bond donors (Lipinski definition) is 1. The Kier molecular flexibility index (Phi) is 4.77. The van der Waals surface area contributed by atoms with Crippen molar-refractivity contribution in [2.24, 2.45) is 5.10 Å². The molecule has 1 saturated heterocycles. The van der Waals surface area contributed by atoms with Crippen LogP contribution in [0.1, 0.15) is 29.0 Å². The molecular formula is C16H17N3O4S. The fourth-order valence-electron chi connectivity index (χ4n) is 2.46. The number of nitrogens with zero attached hydrogens (tertiary/aromatic N) is 2. The van der Waals surface area contributed by atoms with Gasteiger partial charge in [0.2, 0.25) is 10.0 Å². The lowest BCUT2D eigenvalue weighted by Crippen LogP contribution is -2.28. The first-order valence-corrected chi connectivity index (χ1v) is 8.98. The van der Waals surface area contributed by atoms with Gasteiger partial charge in [-0.3, -0.25) is 4.79 Å². The van der Waals surface area contributed by atoms with E-state index in [9.17, 15) is 13.2 Å². The number of sulfonamides is 1. The average Bonchev–Trinajstić information content (AvgIpc) is 3.29. The van der Waals surface area contributed by atoms with E-state index in [0.29, 0.717) is 18.8 Å². The minimum absolute atomic E-state index is 0.118. The molecule has 126 valence electrons. The lowest BCUT2D eigenvalue weighted by Gasteiger charge is -2.15. The molecule has 0 aliphatic carbocycles. The third-order valence-corrected chi connectivity index (χ3v) is 5.59. The van der Waals surface area contributed by atoms with Gasteiger partial charge in [-0.1, -0.05) is 6.07 Å². The summed E-state index contributed by atoms with van der Waals surface area (Å²) in [4.78, 5) is 12.2. The number of amides is 1. The van der Waals surface area contributed by atoms with E-state index in [1.165, 1.54) is 28.9 Å². The second kappa shape index (κ2) is 6.98. The Morgan fingerprint density at radius 2 is 2.00 bits per heavy atom. The van der Waals surface area contributed by atoms with Crippen LogP contribution in [0.4, 0.5) is 0 Å². The normalized spacial score (nSPS) is 15.8. The van der Waals surface area contributed by atoms with Gasteiger partial charge in [-0.2, -0.15) is 9.41 Å². The Hall–Kier alpha value is -2.45. The fourth-order valence-corrected chi connectivity index (χ4v) is 4.02. The smallest absolute Gasteiger partial charge is 0.271 e. The number of furan rings is 1. The maximum atomic E-state index is 12.5. The number of benzene rings is 1. The number of carbonyl (C=O) groups excluding carboxylic acids is 1. The van der Waals surface area contributed by atoms with E-state index in [0.717, 1.165) is 12.8 Å². The van der Waals surface area contributed by atoms with Crippen molar-refractivity contribution in [3.05, 3.63) is 54.0 Å². The maximum Gasteiger partial charge on any atom is 0.271 e. The zero-order valence-corrected chi connectivity index (χ0v) is 13.7. The Balaban J connectivity index is 1.73. The molecule has 1 amide bonds. The minimum atomic E-state index is -3.55. The first-order valence-electron chi connectivity index (χ1n) is 7.54. The van der Waals surface area contributed by atoms with E-state index in [1.54, 1.807) is 24.3 Å². The molecule has 0 spiro atoms. The molecule has 1 aromatic carbocycles. The maximum absolute atomic E-state index is 12.5. The molecule has 0 radical (unpaired) electrons. The van der Waals surface area contributed by atoms with E-state index in [2.05, 4.69) is 10.5 Å². The average molecular weight is 347 g/mol. The van der Waals surface area contributed by atoms with Crippen molar-refractivity contribution in [3.8, 4) is 0 Å². The molecule has 24 heavy (non-hydrogen) atoms. The van der Waals surface area contributed by atoms with Crippen molar-refractivity contribution in [1.82, 2.24) is 9.73 Å². The quantitative estimate of drug-likeness (QED) is 0.660. The van der Waals surface area contributed by atoms with Gasteiger partial charge >= 0.3 is 0 Å². The van der Waals surface area contributed by atoms with Crippen molar-refractivity contribution in [2.45, 2.75) is 17.7 Å². The second-order valence-electron chi connectivity index (χ2n) is 5.35. The summed E-state index contributed by atoms with van der Waals surface area (Å²) in [6, 6.07) is 9.35. The van der Waals surface area contributed by atoms with Gasteiger partial charge in [-0.25, -0.2) is 13.8 Å². The van der Waals surface area contributed by atoms with Crippen LogP contribution in [-0.2, 0) is 10.0 Å². The molecule has 1 aliphatic rings. The highest BCUT2D eigenvalue weighted by molar-refractivity contribution is 7.89. The van der Waals surface area contributed by atoms with Crippen LogP contribution < -0.4 is 5.43 Å². The van der Waals surface area contributed by atoms with Gasteiger partial charge in [0.1, 0.15) is 5.76 Å². The highest BCUT2D eigenvalue weighted by atomic mass is 32.2. The second-order valence-corrected chi connectivity index (χ2v) is 7.29. The van der Waals surface area contributed by atoms with E-state index in [-0.39, 0.29) is 10.5 Å². The Labute approximate surface area is 140 Å². The topological polar surface area (TPSA) is 92.0 Å². The van der Waals surface area contributed by atoms with Crippen LogP contribution in [-0.4, -0.2) is 37.9 Å². The van der Waals surface area contributed by atoms with Crippen molar-refractivity contribution in [2.75, 3.05) is 13.1 Å².